The van der Waals surface area contributed by atoms with Crippen molar-refractivity contribution < 1.29 is 19.1 Å². The number of amides is 1. The van der Waals surface area contributed by atoms with Crippen molar-refractivity contribution in [2.75, 3.05) is 11.9 Å². The second-order valence-corrected chi connectivity index (χ2v) is 10.6. The van der Waals surface area contributed by atoms with Gasteiger partial charge in [-0.25, -0.2) is 19.6 Å². The minimum atomic E-state index is -0.641. The van der Waals surface area contributed by atoms with Gasteiger partial charge in [-0.1, -0.05) is 12.1 Å². The lowest BCUT2D eigenvalue weighted by Crippen LogP contribution is -2.34. The third-order valence-electron chi connectivity index (χ3n) is 6.09. The molecule has 1 saturated carbocycles. The van der Waals surface area contributed by atoms with E-state index in [-0.39, 0.29) is 12.1 Å². The van der Waals surface area contributed by atoms with E-state index in [0.717, 1.165) is 35.4 Å². The molecule has 0 saturated heterocycles. The van der Waals surface area contributed by atoms with Crippen molar-refractivity contribution in [1.82, 2.24) is 20.3 Å². The third kappa shape index (κ3) is 5.61. The molecule has 1 aromatic carbocycles. The Morgan fingerprint density at radius 1 is 1.22 bits per heavy atom. The molecule has 0 aliphatic heterocycles. The highest BCUT2D eigenvalue weighted by atomic mass is 16.6. The number of carbonyl (C=O) groups is 2. The van der Waals surface area contributed by atoms with Gasteiger partial charge in [0.2, 0.25) is 0 Å². The number of benzene rings is 1. The van der Waals surface area contributed by atoms with Gasteiger partial charge in [0, 0.05) is 16.8 Å². The number of nitrogens with one attached hydrogen (secondary N) is 3. The Hall–Kier alpha value is -3.62. The molecule has 1 unspecified atom stereocenters. The largest absolute Gasteiger partial charge is 0.462 e. The Bertz CT molecular complexity index is 1300. The first-order valence-corrected chi connectivity index (χ1v) is 12.3. The van der Waals surface area contributed by atoms with E-state index in [1.54, 1.807) is 40.7 Å². The average molecular weight is 494 g/mol. The number of hydrogen-bond donors (Lipinski definition) is 3. The smallest absolute Gasteiger partial charge is 0.408 e. The van der Waals surface area contributed by atoms with Gasteiger partial charge in [0.1, 0.15) is 16.9 Å². The average Bonchev–Trinajstić information content (AvgIpc) is 3.33. The second kappa shape index (κ2) is 9.44. The molecule has 2 heterocycles. The van der Waals surface area contributed by atoms with Crippen molar-refractivity contribution in [3.63, 3.8) is 0 Å². The van der Waals surface area contributed by atoms with E-state index in [2.05, 4.69) is 22.5 Å². The number of aromatic nitrogens is 3. The molecule has 4 rings (SSSR count). The molecule has 192 valence electrons. The van der Waals surface area contributed by atoms with E-state index >= 15 is 0 Å². The van der Waals surface area contributed by atoms with Gasteiger partial charge in [0.15, 0.2) is 0 Å². The number of rotatable bonds is 7. The summed E-state index contributed by atoms with van der Waals surface area (Å²) in [6.07, 6.45) is 1.62. The van der Waals surface area contributed by atoms with E-state index < -0.39 is 23.7 Å². The van der Waals surface area contributed by atoms with Crippen LogP contribution in [0.2, 0.25) is 0 Å². The lowest BCUT2D eigenvalue weighted by Gasteiger charge is -2.22. The van der Waals surface area contributed by atoms with Crippen molar-refractivity contribution in [1.29, 1.82) is 0 Å². The van der Waals surface area contributed by atoms with Crippen LogP contribution in [-0.2, 0) is 9.47 Å². The lowest BCUT2D eigenvalue weighted by molar-refractivity contribution is 0.0489. The maximum Gasteiger partial charge on any atom is 0.408 e. The number of aryl methyl sites for hydroxylation is 1. The van der Waals surface area contributed by atoms with Crippen LogP contribution < -0.4 is 10.6 Å². The quantitative estimate of drug-likeness (QED) is 0.363. The van der Waals surface area contributed by atoms with E-state index in [0.29, 0.717) is 22.5 Å². The first-order valence-electron chi connectivity index (χ1n) is 12.3. The Labute approximate surface area is 211 Å². The van der Waals surface area contributed by atoms with Gasteiger partial charge < -0.3 is 25.1 Å². The maximum absolute atomic E-state index is 12.8. The fraction of sp³-hybridized carbons (Fsp3) is 0.481. The summed E-state index contributed by atoms with van der Waals surface area (Å²) in [5.74, 6) is 0.284. The topological polar surface area (TPSA) is 118 Å². The molecule has 2 aromatic heterocycles. The van der Waals surface area contributed by atoms with Crippen molar-refractivity contribution >= 4 is 28.9 Å². The number of para-hydroxylation sites is 1. The van der Waals surface area contributed by atoms with E-state index in [4.69, 9.17) is 19.4 Å². The fourth-order valence-corrected chi connectivity index (χ4v) is 3.99. The first kappa shape index (κ1) is 25.5. The van der Waals surface area contributed by atoms with E-state index in [9.17, 15) is 9.59 Å². The molecule has 36 heavy (non-hydrogen) atoms. The number of fused-ring (bicyclic) bond motifs is 1. The molecular weight excluding hydrogens is 458 g/mol. The number of nitrogens with zero attached hydrogens (tertiary/aromatic N) is 2. The standard InChI is InChI=1S/C27H35N5O4/c1-8-35-24(33)18-14-20(30-21(18)15(2)29-25(34)36-26(4,5)6)17-10-9-11-19-22(17)31-23(16(3)28-19)32-27(7)12-13-27/h9-11,14-15,30H,8,12-13H2,1-7H3,(H,29,34)(H,31,32). The fourth-order valence-electron chi connectivity index (χ4n) is 3.99. The third-order valence-corrected chi connectivity index (χ3v) is 6.09. The second-order valence-electron chi connectivity index (χ2n) is 10.6. The van der Waals surface area contributed by atoms with Crippen molar-refractivity contribution in [3.8, 4) is 11.3 Å². The summed E-state index contributed by atoms with van der Waals surface area (Å²) in [5.41, 5.74) is 4.06. The highest BCUT2D eigenvalue weighted by Crippen LogP contribution is 2.39. The molecule has 3 aromatic rings. The molecule has 1 atom stereocenters. The monoisotopic (exact) mass is 493 g/mol. The molecule has 1 aliphatic carbocycles. The number of esters is 1. The van der Waals surface area contributed by atoms with Crippen LogP contribution in [0.3, 0.4) is 0 Å². The summed E-state index contributed by atoms with van der Waals surface area (Å²) in [6, 6.07) is 6.97. The molecule has 9 heteroatoms. The molecule has 3 N–H and O–H groups in total. The molecular formula is C27H35N5O4. The Morgan fingerprint density at radius 3 is 2.58 bits per heavy atom. The van der Waals surface area contributed by atoms with Crippen LogP contribution >= 0.6 is 0 Å². The van der Waals surface area contributed by atoms with Gasteiger partial charge in [-0.3, -0.25) is 0 Å². The normalized spacial score (nSPS) is 15.3. The van der Waals surface area contributed by atoms with E-state index in [1.165, 1.54) is 0 Å². The van der Waals surface area contributed by atoms with Crippen molar-refractivity contribution in [3.05, 3.63) is 41.2 Å². The zero-order valence-electron chi connectivity index (χ0n) is 22.0. The maximum atomic E-state index is 12.8. The van der Waals surface area contributed by atoms with Gasteiger partial charge in [-0.15, -0.1) is 0 Å². The van der Waals surface area contributed by atoms with Crippen LogP contribution in [0.5, 0.6) is 0 Å². The lowest BCUT2D eigenvalue weighted by atomic mass is 10.1. The number of alkyl carbamates (subject to hydrolysis) is 1. The molecule has 1 fully saturated rings. The summed E-state index contributed by atoms with van der Waals surface area (Å²) in [6.45, 7) is 13.3. The molecule has 0 bridgehead atoms. The number of anilines is 1. The number of H-pyrrole nitrogens is 1. The molecule has 9 nitrogen and oxygen atoms in total. The number of carbonyl (C=O) groups excluding carboxylic acids is 2. The van der Waals surface area contributed by atoms with Gasteiger partial charge in [0.25, 0.3) is 0 Å². The van der Waals surface area contributed by atoms with Crippen LogP contribution in [-0.4, -0.2) is 44.8 Å². The first-order chi connectivity index (χ1) is 16.9. The van der Waals surface area contributed by atoms with Crippen molar-refractivity contribution in [2.24, 2.45) is 0 Å². The molecule has 0 spiro atoms. The zero-order chi connectivity index (χ0) is 26.3. The zero-order valence-corrected chi connectivity index (χ0v) is 22.0. The van der Waals surface area contributed by atoms with Crippen LogP contribution in [0.1, 0.15) is 82.2 Å². The van der Waals surface area contributed by atoms with Gasteiger partial charge >= 0.3 is 12.1 Å². The highest BCUT2D eigenvalue weighted by Gasteiger charge is 2.38. The van der Waals surface area contributed by atoms with Crippen LogP contribution in [0.25, 0.3) is 22.3 Å². The predicted molar refractivity (Wildman–Crippen MR) is 139 cm³/mol. The SMILES string of the molecule is CCOC(=O)c1cc(-c2cccc3nc(C)c(NC4(C)CC4)nc23)[nH]c1C(C)NC(=O)OC(C)(C)C. The Balaban J connectivity index is 1.75. The summed E-state index contributed by atoms with van der Waals surface area (Å²) in [7, 11) is 0. The summed E-state index contributed by atoms with van der Waals surface area (Å²) in [5, 5.41) is 6.33. The Morgan fingerprint density at radius 2 is 1.94 bits per heavy atom. The van der Waals surface area contributed by atoms with Crippen molar-refractivity contribution in [2.45, 2.75) is 78.5 Å². The predicted octanol–water partition coefficient (Wildman–Crippen LogP) is 5.66. The van der Waals surface area contributed by atoms with Crippen LogP contribution in [0, 0.1) is 6.92 Å². The summed E-state index contributed by atoms with van der Waals surface area (Å²) >= 11 is 0. The van der Waals surface area contributed by atoms with E-state index in [1.807, 2.05) is 25.1 Å². The number of ether oxygens (including phenoxy) is 2. The summed E-state index contributed by atoms with van der Waals surface area (Å²) < 4.78 is 10.7. The van der Waals surface area contributed by atoms with Gasteiger partial charge in [-0.2, -0.15) is 0 Å². The molecule has 1 aliphatic rings. The minimum Gasteiger partial charge on any atom is -0.462 e. The van der Waals surface area contributed by atoms with Gasteiger partial charge in [0.05, 0.1) is 35.1 Å². The van der Waals surface area contributed by atoms with Crippen LogP contribution in [0.15, 0.2) is 24.3 Å². The van der Waals surface area contributed by atoms with Gasteiger partial charge in [-0.05, 0) is 73.4 Å². The number of hydrogen-bond acceptors (Lipinski definition) is 7. The van der Waals surface area contributed by atoms with Crippen LogP contribution in [0.4, 0.5) is 10.6 Å². The highest BCUT2D eigenvalue weighted by molar-refractivity contribution is 5.96. The number of aromatic amines is 1. The molecule has 1 amide bonds. The summed E-state index contributed by atoms with van der Waals surface area (Å²) in [4.78, 5) is 38.3. The Kier molecular flexibility index (Phi) is 6.68. The molecule has 0 radical (unpaired) electrons. The minimum absolute atomic E-state index is 0.0571.